The monoisotopic (exact) mass is 625 g/mol. The smallest absolute Gasteiger partial charge is 0.272 e. The predicted octanol–water partition coefficient (Wildman–Crippen LogP) is 6.55. The molecule has 0 bridgehead atoms. The quantitative estimate of drug-likeness (QED) is 0.121. The second-order valence-electron chi connectivity index (χ2n) is 9.92. The molecule has 232 valence electrons. The lowest BCUT2D eigenvalue weighted by molar-refractivity contribution is -0.115. The van der Waals surface area contributed by atoms with Gasteiger partial charge in [0.25, 0.3) is 11.8 Å². The third kappa shape index (κ3) is 8.90. The number of rotatable bonds is 12. The van der Waals surface area contributed by atoms with E-state index in [4.69, 9.17) is 14.2 Å². The van der Waals surface area contributed by atoms with E-state index in [1.807, 2.05) is 50.2 Å². The molecule has 9 nitrogen and oxygen atoms in total. The van der Waals surface area contributed by atoms with Gasteiger partial charge in [0.15, 0.2) is 11.5 Å². The van der Waals surface area contributed by atoms with Crippen LogP contribution in [0.5, 0.6) is 17.2 Å². The van der Waals surface area contributed by atoms with E-state index < -0.39 is 11.8 Å². The van der Waals surface area contributed by atoms with E-state index in [0.29, 0.717) is 34.1 Å². The normalized spacial score (nSPS) is 11.6. The molecule has 0 fully saturated rings. The summed E-state index contributed by atoms with van der Waals surface area (Å²) in [6.45, 7) is 3.82. The molecule has 0 aliphatic heterocycles. The van der Waals surface area contributed by atoms with Crippen LogP contribution >= 0.6 is 11.8 Å². The minimum atomic E-state index is -0.553. The Morgan fingerprint density at radius 1 is 0.733 bits per heavy atom. The van der Waals surface area contributed by atoms with Gasteiger partial charge in [0.05, 0.1) is 26.6 Å². The number of hydrogen-bond donors (Lipinski definition) is 3. The number of anilines is 2. The van der Waals surface area contributed by atoms with Gasteiger partial charge in [-0.05, 0) is 74.5 Å². The molecular formula is C35H35N3O6S. The van der Waals surface area contributed by atoms with E-state index in [0.717, 1.165) is 16.1 Å². The van der Waals surface area contributed by atoms with Crippen LogP contribution in [0, 0.1) is 6.92 Å². The molecule has 0 heterocycles. The van der Waals surface area contributed by atoms with Crippen molar-refractivity contribution in [1.29, 1.82) is 0 Å². The van der Waals surface area contributed by atoms with Crippen molar-refractivity contribution >= 4 is 46.9 Å². The first-order valence-electron chi connectivity index (χ1n) is 14.0. The van der Waals surface area contributed by atoms with Crippen molar-refractivity contribution in [3.05, 3.63) is 113 Å². The van der Waals surface area contributed by atoms with Crippen molar-refractivity contribution in [2.45, 2.75) is 24.0 Å². The van der Waals surface area contributed by atoms with Gasteiger partial charge in [-0.25, -0.2) is 0 Å². The van der Waals surface area contributed by atoms with Crippen LogP contribution in [0.1, 0.15) is 28.4 Å². The van der Waals surface area contributed by atoms with Gasteiger partial charge < -0.3 is 30.2 Å². The Balaban J connectivity index is 1.52. The van der Waals surface area contributed by atoms with E-state index >= 15 is 0 Å². The molecule has 10 heteroatoms. The molecule has 0 radical (unpaired) electrons. The SMILES string of the molecule is COc1cc(OC)c(OC)cc1/C=C(\NC(=O)c1ccccc1)C(=O)Nc1ccc(SC(C)C(=O)Nc2ccc(C)cc2)cc1. The molecule has 0 aliphatic carbocycles. The molecule has 0 aromatic heterocycles. The Hall–Kier alpha value is -5.22. The van der Waals surface area contributed by atoms with Gasteiger partial charge >= 0.3 is 0 Å². The Bertz CT molecular complexity index is 1670. The summed E-state index contributed by atoms with van der Waals surface area (Å²) >= 11 is 1.40. The number of hydrogen-bond acceptors (Lipinski definition) is 7. The van der Waals surface area contributed by atoms with E-state index in [9.17, 15) is 14.4 Å². The number of thioether (sulfide) groups is 1. The molecule has 4 aromatic carbocycles. The van der Waals surface area contributed by atoms with Gasteiger partial charge in [0, 0.05) is 33.5 Å². The highest BCUT2D eigenvalue weighted by molar-refractivity contribution is 8.00. The van der Waals surface area contributed by atoms with Crippen LogP contribution in [-0.2, 0) is 9.59 Å². The van der Waals surface area contributed by atoms with Crippen molar-refractivity contribution in [3.8, 4) is 17.2 Å². The van der Waals surface area contributed by atoms with E-state index in [1.165, 1.54) is 39.2 Å². The topological polar surface area (TPSA) is 115 Å². The number of methoxy groups -OCH3 is 3. The predicted molar refractivity (Wildman–Crippen MR) is 178 cm³/mol. The lowest BCUT2D eigenvalue weighted by Crippen LogP contribution is -2.30. The second kappa shape index (κ2) is 15.5. The maximum Gasteiger partial charge on any atom is 0.272 e. The first kappa shape index (κ1) is 32.7. The summed E-state index contributed by atoms with van der Waals surface area (Å²) in [6.07, 6.45) is 1.51. The maximum atomic E-state index is 13.6. The van der Waals surface area contributed by atoms with Crippen LogP contribution in [-0.4, -0.2) is 44.3 Å². The van der Waals surface area contributed by atoms with Crippen LogP contribution in [0.25, 0.3) is 6.08 Å². The Morgan fingerprint density at radius 2 is 1.31 bits per heavy atom. The number of carbonyl (C=O) groups is 3. The lowest BCUT2D eigenvalue weighted by atomic mass is 10.1. The highest BCUT2D eigenvalue weighted by Crippen LogP contribution is 2.35. The van der Waals surface area contributed by atoms with Gasteiger partial charge in [0.2, 0.25) is 5.91 Å². The Labute approximate surface area is 267 Å². The summed E-state index contributed by atoms with van der Waals surface area (Å²) in [4.78, 5) is 40.2. The molecule has 3 N–H and O–H groups in total. The minimum Gasteiger partial charge on any atom is -0.496 e. The van der Waals surface area contributed by atoms with Gasteiger partial charge in [-0.3, -0.25) is 14.4 Å². The van der Waals surface area contributed by atoms with Gasteiger partial charge in [-0.2, -0.15) is 0 Å². The molecule has 3 amide bonds. The number of benzene rings is 4. The number of carbonyl (C=O) groups excluding carboxylic acids is 3. The summed E-state index contributed by atoms with van der Waals surface area (Å²) in [5.74, 6) is 0.160. The van der Waals surface area contributed by atoms with Crippen molar-refractivity contribution in [1.82, 2.24) is 5.32 Å². The van der Waals surface area contributed by atoms with Crippen molar-refractivity contribution in [3.63, 3.8) is 0 Å². The molecule has 0 saturated heterocycles. The minimum absolute atomic E-state index is 0.0192. The maximum absolute atomic E-state index is 13.6. The van der Waals surface area contributed by atoms with E-state index in [1.54, 1.807) is 54.6 Å². The van der Waals surface area contributed by atoms with Gasteiger partial charge in [-0.1, -0.05) is 35.9 Å². The van der Waals surface area contributed by atoms with Crippen LogP contribution in [0.4, 0.5) is 11.4 Å². The standard InChI is InChI=1S/C35H35N3O6S/c1-22-11-13-26(14-12-22)36-33(39)23(2)45-28-17-15-27(16-18-28)37-35(41)29(38-34(40)24-9-7-6-8-10-24)19-25-20-31(43-4)32(44-5)21-30(25)42-3/h6-21,23H,1-5H3,(H,36,39)(H,37,41)(H,38,40)/b29-19-. The zero-order valence-corrected chi connectivity index (χ0v) is 26.5. The molecule has 0 spiro atoms. The average molecular weight is 626 g/mol. The summed E-state index contributed by atoms with van der Waals surface area (Å²) < 4.78 is 16.3. The van der Waals surface area contributed by atoms with Crippen molar-refractivity contribution in [2.24, 2.45) is 0 Å². The summed E-state index contributed by atoms with van der Waals surface area (Å²) in [5.41, 5.74) is 3.21. The molecule has 0 saturated carbocycles. The fourth-order valence-corrected chi connectivity index (χ4v) is 5.08. The highest BCUT2D eigenvalue weighted by Gasteiger charge is 2.19. The van der Waals surface area contributed by atoms with Crippen molar-refractivity contribution in [2.75, 3.05) is 32.0 Å². The van der Waals surface area contributed by atoms with Gasteiger partial charge in [-0.15, -0.1) is 11.8 Å². The van der Waals surface area contributed by atoms with Crippen LogP contribution < -0.4 is 30.2 Å². The van der Waals surface area contributed by atoms with E-state index in [2.05, 4.69) is 16.0 Å². The first-order valence-corrected chi connectivity index (χ1v) is 14.9. The number of nitrogens with one attached hydrogen (secondary N) is 3. The van der Waals surface area contributed by atoms with Gasteiger partial charge in [0.1, 0.15) is 11.4 Å². The fraction of sp³-hybridized carbons (Fsp3) is 0.171. The third-order valence-electron chi connectivity index (χ3n) is 6.68. The number of amides is 3. The molecule has 4 rings (SSSR count). The molecule has 1 unspecified atom stereocenters. The summed E-state index contributed by atoms with van der Waals surface area (Å²) in [7, 11) is 4.51. The number of aryl methyl sites for hydroxylation is 1. The van der Waals surface area contributed by atoms with E-state index in [-0.39, 0.29) is 16.9 Å². The third-order valence-corrected chi connectivity index (χ3v) is 7.79. The molecular weight excluding hydrogens is 590 g/mol. The van der Waals surface area contributed by atoms with Crippen LogP contribution in [0.15, 0.2) is 102 Å². The lowest BCUT2D eigenvalue weighted by Gasteiger charge is -2.15. The first-order chi connectivity index (χ1) is 21.7. The molecule has 1 atom stereocenters. The highest BCUT2D eigenvalue weighted by atomic mass is 32.2. The molecule has 0 aliphatic rings. The van der Waals surface area contributed by atoms with Crippen molar-refractivity contribution < 1.29 is 28.6 Å². The zero-order chi connectivity index (χ0) is 32.3. The molecule has 4 aromatic rings. The fourth-order valence-electron chi connectivity index (χ4n) is 4.22. The zero-order valence-electron chi connectivity index (χ0n) is 25.7. The largest absolute Gasteiger partial charge is 0.496 e. The van der Waals surface area contributed by atoms with Crippen LogP contribution in [0.3, 0.4) is 0 Å². The number of ether oxygens (including phenoxy) is 3. The Kier molecular flexibility index (Phi) is 11.3. The Morgan fingerprint density at radius 3 is 1.93 bits per heavy atom. The summed E-state index contributed by atoms with van der Waals surface area (Å²) in [6, 6.07) is 26.6. The second-order valence-corrected chi connectivity index (χ2v) is 11.3. The van der Waals surface area contributed by atoms with Crippen LogP contribution in [0.2, 0.25) is 0 Å². The summed E-state index contributed by atoms with van der Waals surface area (Å²) in [5, 5.41) is 8.14. The molecule has 45 heavy (non-hydrogen) atoms. The average Bonchev–Trinajstić information content (AvgIpc) is 3.06.